The Kier molecular flexibility index (Phi) is 7.86. The summed E-state index contributed by atoms with van der Waals surface area (Å²) >= 11 is 5.95. The topological polar surface area (TPSA) is 49.4 Å². The van der Waals surface area contributed by atoms with Crippen molar-refractivity contribution in [2.75, 3.05) is 0 Å². The van der Waals surface area contributed by atoms with Gasteiger partial charge in [-0.15, -0.1) is 0 Å². The Morgan fingerprint density at radius 2 is 1.59 bits per heavy atom. The van der Waals surface area contributed by atoms with E-state index in [0.29, 0.717) is 24.4 Å². The molecule has 4 nitrogen and oxygen atoms in total. The van der Waals surface area contributed by atoms with Gasteiger partial charge in [-0.2, -0.15) is 0 Å². The largest absolute Gasteiger partial charge is 0.352 e. The fraction of sp³-hybridized carbons (Fsp3) is 0.364. The van der Waals surface area contributed by atoms with Crippen LogP contribution in [0.3, 0.4) is 0 Å². The number of nitrogens with zero attached hydrogens (tertiary/aromatic N) is 1. The maximum atomic E-state index is 12.9. The molecule has 0 bridgehead atoms. The number of halogens is 1. The Labute approximate surface area is 166 Å². The first-order chi connectivity index (χ1) is 12.9. The minimum absolute atomic E-state index is 0.0248. The molecule has 27 heavy (non-hydrogen) atoms. The lowest BCUT2D eigenvalue weighted by Gasteiger charge is -2.29. The molecule has 144 valence electrons. The van der Waals surface area contributed by atoms with Crippen LogP contribution in [0.15, 0.2) is 54.6 Å². The van der Waals surface area contributed by atoms with Gasteiger partial charge in [0, 0.05) is 24.0 Å². The second kappa shape index (κ2) is 10.1. The quantitative estimate of drug-likeness (QED) is 0.738. The molecule has 0 saturated carbocycles. The molecule has 1 atom stereocenters. The Morgan fingerprint density at radius 1 is 0.963 bits per heavy atom. The molecule has 2 aromatic rings. The Morgan fingerprint density at radius 3 is 2.19 bits per heavy atom. The van der Waals surface area contributed by atoms with Crippen LogP contribution in [0.25, 0.3) is 0 Å². The van der Waals surface area contributed by atoms with Crippen molar-refractivity contribution in [3.63, 3.8) is 0 Å². The molecule has 2 amide bonds. The van der Waals surface area contributed by atoms with Gasteiger partial charge in [0.25, 0.3) is 0 Å². The third-order valence-electron chi connectivity index (χ3n) is 4.33. The molecule has 0 radical (unpaired) electrons. The van der Waals surface area contributed by atoms with Crippen LogP contribution >= 0.6 is 11.6 Å². The van der Waals surface area contributed by atoms with Gasteiger partial charge in [0.2, 0.25) is 11.8 Å². The smallest absolute Gasteiger partial charge is 0.242 e. The minimum Gasteiger partial charge on any atom is -0.352 e. The van der Waals surface area contributed by atoms with Crippen LogP contribution < -0.4 is 5.32 Å². The zero-order valence-corrected chi connectivity index (χ0v) is 16.9. The van der Waals surface area contributed by atoms with Crippen molar-refractivity contribution in [1.29, 1.82) is 0 Å². The van der Waals surface area contributed by atoms with E-state index >= 15 is 0 Å². The lowest BCUT2D eigenvalue weighted by atomic mass is 10.1. The molecular formula is C22H27ClN2O2. The van der Waals surface area contributed by atoms with Crippen LogP contribution in [-0.2, 0) is 22.6 Å². The first kappa shape index (κ1) is 21.0. The van der Waals surface area contributed by atoms with E-state index in [1.807, 2.05) is 56.3 Å². The first-order valence-electron chi connectivity index (χ1n) is 9.25. The van der Waals surface area contributed by atoms with E-state index in [0.717, 1.165) is 11.1 Å². The number of amides is 2. The van der Waals surface area contributed by atoms with E-state index in [1.54, 1.807) is 24.0 Å². The molecule has 2 aromatic carbocycles. The fourth-order valence-electron chi connectivity index (χ4n) is 2.81. The molecule has 0 saturated heterocycles. The Balaban J connectivity index is 2.12. The molecule has 0 aliphatic carbocycles. The van der Waals surface area contributed by atoms with Gasteiger partial charge in [-0.25, -0.2) is 0 Å². The number of rotatable bonds is 8. The van der Waals surface area contributed by atoms with Crippen molar-refractivity contribution in [2.45, 2.75) is 52.2 Å². The summed E-state index contributed by atoms with van der Waals surface area (Å²) in [4.78, 5) is 27.1. The van der Waals surface area contributed by atoms with Gasteiger partial charge in [-0.1, -0.05) is 54.1 Å². The van der Waals surface area contributed by atoms with Gasteiger partial charge in [-0.3, -0.25) is 9.59 Å². The summed E-state index contributed by atoms with van der Waals surface area (Å²) in [5, 5.41) is 3.54. The van der Waals surface area contributed by atoms with E-state index in [1.165, 1.54) is 0 Å². The monoisotopic (exact) mass is 386 g/mol. The summed E-state index contributed by atoms with van der Waals surface area (Å²) in [5.41, 5.74) is 2.05. The van der Waals surface area contributed by atoms with Crippen LogP contribution in [0, 0.1) is 0 Å². The Hall–Kier alpha value is -2.33. The first-order valence-corrected chi connectivity index (χ1v) is 9.63. The normalized spacial score (nSPS) is 11.9. The number of aryl methyl sites for hydroxylation is 1. The number of nitrogens with one attached hydrogen (secondary N) is 1. The number of carbonyl (C=O) groups is 2. The molecule has 0 spiro atoms. The van der Waals surface area contributed by atoms with Gasteiger partial charge in [0.15, 0.2) is 0 Å². The van der Waals surface area contributed by atoms with Crippen LogP contribution in [0.2, 0.25) is 5.02 Å². The van der Waals surface area contributed by atoms with Crippen molar-refractivity contribution in [3.05, 3.63) is 70.7 Å². The Bertz CT molecular complexity index is 745. The molecule has 0 heterocycles. The maximum Gasteiger partial charge on any atom is 0.242 e. The summed E-state index contributed by atoms with van der Waals surface area (Å²) in [6.45, 7) is 5.96. The zero-order chi connectivity index (χ0) is 19.8. The highest BCUT2D eigenvalue weighted by molar-refractivity contribution is 6.30. The molecule has 0 aliphatic rings. The lowest BCUT2D eigenvalue weighted by molar-refractivity contribution is -0.140. The van der Waals surface area contributed by atoms with E-state index in [9.17, 15) is 9.59 Å². The third-order valence-corrected chi connectivity index (χ3v) is 4.59. The number of hydrogen-bond acceptors (Lipinski definition) is 2. The molecule has 1 N–H and O–H groups in total. The minimum atomic E-state index is -0.550. The van der Waals surface area contributed by atoms with Crippen molar-refractivity contribution in [3.8, 4) is 0 Å². The predicted molar refractivity (Wildman–Crippen MR) is 110 cm³/mol. The lowest BCUT2D eigenvalue weighted by Crippen LogP contribution is -2.49. The highest BCUT2D eigenvalue weighted by Gasteiger charge is 2.26. The van der Waals surface area contributed by atoms with Crippen molar-refractivity contribution in [1.82, 2.24) is 10.2 Å². The highest BCUT2D eigenvalue weighted by atomic mass is 35.5. The van der Waals surface area contributed by atoms with Gasteiger partial charge in [-0.05, 0) is 50.5 Å². The molecule has 2 rings (SSSR count). The summed E-state index contributed by atoms with van der Waals surface area (Å²) in [6, 6.07) is 16.7. The summed E-state index contributed by atoms with van der Waals surface area (Å²) in [6.07, 6.45) is 1.01. The molecule has 1 unspecified atom stereocenters. The van der Waals surface area contributed by atoms with Gasteiger partial charge >= 0.3 is 0 Å². The van der Waals surface area contributed by atoms with E-state index in [2.05, 4.69) is 5.32 Å². The third kappa shape index (κ3) is 6.72. The van der Waals surface area contributed by atoms with Gasteiger partial charge < -0.3 is 10.2 Å². The molecule has 0 aliphatic heterocycles. The number of benzene rings is 2. The summed E-state index contributed by atoms with van der Waals surface area (Å²) in [5.74, 6) is -0.188. The van der Waals surface area contributed by atoms with E-state index in [4.69, 9.17) is 11.6 Å². The van der Waals surface area contributed by atoms with Crippen LogP contribution in [0.5, 0.6) is 0 Å². The molecule has 0 fully saturated rings. The van der Waals surface area contributed by atoms with Crippen LogP contribution in [0.1, 0.15) is 38.3 Å². The molecule has 5 heteroatoms. The SMILES string of the molecule is CC(C)NC(=O)C(C)N(Cc1ccc(Cl)cc1)C(=O)CCc1ccccc1. The average Bonchev–Trinajstić information content (AvgIpc) is 2.65. The summed E-state index contributed by atoms with van der Waals surface area (Å²) in [7, 11) is 0. The fourth-order valence-corrected chi connectivity index (χ4v) is 2.94. The number of carbonyl (C=O) groups excluding carboxylic acids is 2. The average molecular weight is 387 g/mol. The second-order valence-corrected chi connectivity index (χ2v) is 7.41. The van der Waals surface area contributed by atoms with Crippen LogP contribution in [0.4, 0.5) is 0 Å². The summed E-state index contributed by atoms with van der Waals surface area (Å²) < 4.78 is 0. The zero-order valence-electron chi connectivity index (χ0n) is 16.1. The van der Waals surface area contributed by atoms with Crippen molar-refractivity contribution < 1.29 is 9.59 Å². The molecule has 0 aromatic heterocycles. The van der Waals surface area contributed by atoms with Gasteiger partial charge in [0.05, 0.1) is 0 Å². The predicted octanol–water partition coefficient (Wildman–Crippen LogP) is 4.21. The van der Waals surface area contributed by atoms with E-state index in [-0.39, 0.29) is 17.9 Å². The second-order valence-electron chi connectivity index (χ2n) is 6.97. The van der Waals surface area contributed by atoms with Gasteiger partial charge in [0.1, 0.15) is 6.04 Å². The standard InChI is InChI=1S/C22H27ClN2O2/c1-16(2)24-22(27)17(3)25(15-19-9-12-20(23)13-10-19)21(26)14-11-18-7-5-4-6-8-18/h4-10,12-13,16-17H,11,14-15H2,1-3H3,(H,24,27). The van der Waals surface area contributed by atoms with Crippen molar-refractivity contribution in [2.24, 2.45) is 0 Å². The van der Waals surface area contributed by atoms with Crippen molar-refractivity contribution >= 4 is 23.4 Å². The van der Waals surface area contributed by atoms with E-state index < -0.39 is 6.04 Å². The number of hydrogen-bond donors (Lipinski definition) is 1. The highest BCUT2D eigenvalue weighted by Crippen LogP contribution is 2.15. The van der Waals surface area contributed by atoms with Crippen LogP contribution in [-0.4, -0.2) is 28.8 Å². The molecular weight excluding hydrogens is 360 g/mol. The maximum absolute atomic E-state index is 12.9.